The highest BCUT2D eigenvalue weighted by molar-refractivity contribution is 9.10. The summed E-state index contributed by atoms with van der Waals surface area (Å²) >= 11 is 4.99. The van der Waals surface area contributed by atoms with E-state index in [2.05, 4.69) is 75.5 Å². The molecule has 2 unspecified atom stereocenters. The molecule has 1 saturated carbocycles. The number of hydrogen-bond acceptors (Lipinski definition) is 6. The van der Waals surface area contributed by atoms with Crippen molar-refractivity contribution < 1.29 is 4.42 Å². The minimum atomic E-state index is -0.367. The predicted molar refractivity (Wildman–Crippen MR) is 162 cm³/mol. The summed E-state index contributed by atoms with van der Waals surface area (Å²) < 4.78 is 6.56. The van der Waals surface area contributed by atoms with Gasteiger partial charge in [0.05, 0.1) is 22.2 Å². The number of anilines is 1. The second kappa shape index (κ2) is 10.1. The molecule has 7 heteroatoms. The normalized spacial score (nSPS) is 19.9. The first kappa shape index (κ1) is 24.2. The van der Waals surface area contributed by atoms with Crippen LogP contribution in [0.5, 0.6) is 0 Å². The van der Waals surface area contributed by atoms with Crippen LogP contribution in [0.2, 0.25) is 0 Å². The number of benzene rings is 3. The lowest BCUT2D eigenvalue weighted by Gasteiger charge is -2.29. The fourth-order valence-corrected chi connectivity index (χ4v) is 6.94. The standard InChI is InChI=1S/C32H24BrN3O2S/c33-24-14-15-27-23(17-24)18-26(31(37)38-27)28-19-34-32(39-28)36-30(21-10-5-2-6-11-21)25-13-7-12-22(29(25)35-36)16-20-8-3-1-4-9-20/h1-6,8-11,14-19,25,30H,7,12-13H2/b22-16+. The van der Waals surface area contributed by atoms with Crippen LogP contribution < -0.4 is 10.6 Å². The van der Waals surface area contributed by atoms with Crippen LogP contribution in [0.15, 0.2) is 115 Å². The van der Waals surface area contributed by atoms with Crippen LogP contribution in [-0.2, 0) is 0 Å². The van der Waals surface area contributed by atoms with Gasteiger partial charge in [0.2, 0.25) is 5.13 Å². The number of rotatable bonds is 4. The van der Waals surface area contributed by atoms with Crippen molar-refractivity contribution in [2.45, 2.75) is 25.3 Å². The van der Waals surface area contributed by atoms with Gasteiger partial charge in [-0.05, 0) is 66.3 Å². The van der Waals surface area contributed by atoms with Gasteiger partial charge in [-0.3, -0.25) is 0 Å². The number of hydrazone groups is 1. The lowest BCUT2D eigenvalue weighted by Crippen LogP contribution is -2.27. The Morgan fingerprint density at radius 3 is 2.62 bits per heavy atom. The van der Waals surface area contributed by atoms with Gasteiger partial charge in [-0.1, -0.05) is 87.9 Å². The van der Waals surface area contributed by atoms with Crippen LogP contribution in [0, 0.1) is 5.92 Å². The van der Waals surface area contributed by atoms with E-state index in [4.69, 9.17) is 14.5 Å². The third-order valence-electron chi connectivity index (χ3n) is 7.43. The molecule has 1 fully saturated rings. The van der Waals surface area contributed by atoms with Crippen LogP contribution in [0.25, 0.3) is 27.5 Å². The number of aromatic nitrogens is 1. The van der Waals surface area contributed by atoms with Gasteiger partial charge >= 0.3 is 5.63 Å². The van der Waals surface area contributed by atoms with E-state index < -0.39 is 0 Å². The van der Waals surface area contributed by atoms with Crippen molar-refractivity contribution in [2.24, 2.45) is 11.0 Å². The fraction of sp³-hybridized carbons (Fsp3) is 0.156. The van der Waals surface area contributed by atoms with E-state index in [0.29, 0.717) is 11.1 Å². The van der Waals surface area contributed by atoms with E-state index >= 15 is 0 Å². The molecule has 1 aliphatic heterocycles. The Hall–Kier alpha value is -3.81. The first-order valence-electron chi connectivity index (χ1n) is 13.0. The highest BCUT2D eigenvalue weighted by Crippen LogP contribution is 2.47. The number of allylic oxidation sites excluding steroid dienone is 1. The lowest BCUT2D eigenvalue weighted by molar-refractivity contribution is 0.487. The monoisotopic (exact) mass is 593 g/mol. The summed E-state index contributed by atoms with van der Waals surface area (Å²) in [4.78, 5) is 18.5. The Balaban J connectivity index is 1.32. The summed E-state index contributed by atoms with van der Waals surface area (Å²) in [7, 11) is 0. The highest BCUT2D eigenvalue weighted by atomic mass is 79.9. The molecule has 0 bridgehead atoms. The number of halogens is 1. The number of hydrogen-bond donors (Lipinski definition) is 0. The van der Waals surface area contributed by atoms with Gasteiger partial charge in [-0.2, -0.15) is 5.10 Å². The Labute approximate surface area is 238 Å². The maximum absolute atomic E-state index is 12.9. The molecule has 3 aromatic carbocycles. The minimum absolute atomic E-state index is 0.0450. The van der Waals surface area contributed by atoms with Gasteiger partial charge in [-0.15, -0.1) is 0 Å². The number of thiazole rings is 1. The quantitative estimate of drug-likeness (QED) is 0.196. The Bertz CT molecular complexity index is 1790. The average Bonchev–Trinajstić information content (AvgIpc) is 3.60. The van der Waals surface area contributed by atoms with E-state index in [-0.39, 0.29) is 17.6 Å². The SMILES string of the molecule is O=c1oc2ccc(Br)cc2cc1-c1cnc(N2N=C3/C(=C/c4ccccc4)CCCC3C2c2ccccc2)s1. The molecule has 2 atom stereocenters. The first-order chi connectivity index (χ1) is 19.1. The van der Waals surface area contributed by atoms with Crippen LogP contribution in [0.3, 0.4) is 0 Å². The van der Waals surface area contributed by atoms with E-state index in [1.807, 2.05) is 30.3 Å². The fourth-order valence-electron chi connectivity index (χ4n) is 5.65. The highest BCUT2D eigenvalue weighted by Gasteiger charge is 2.42. The average molecular weight is 595 g/mol. The van der Waals surface area contributed by atoms with Gasteiger partial charge in [-0.25, -0.2) is 14.8 Å². The summed E-state index contributed by atoms with van der Waals surface area (Å²) in [6, 6.07) is 28.6. The molecule has 1 aliphatic carbocycles. The largest absolute Gasteiger partial charge is 0.422 e. The molecular formula is C32H24BrN3O2S. The summed E-state index contributed by atoms with van der Waals surface area (Å²) in [6.45, 7) is 0. The van der Waals surface area contributed by atoms with E-state index in [1.165, 1.54) is 28.0 Å². The smallest absolute Gasteiger partial charge is 0.345 e. The summed E-state index contributed by atoms with van der Waals surface area (Å²) in [6.07, 6.45) is 7.25. The molecule has 0 radical (unpaired) electrons. The molecule has 192 valence electrons. The number of nitrogens with zero attached hydrogens (tertiary/aromatic N) is 3. The summed E-state index contributed by atoms with van der Waals surface area (Å²) in [5.74, 6) is 0.270. The van der Waals surface area contributed by atoms with Crippen molar-refractivity contribution >= 4 is 55.2 Å². The molecule has 39 heavy (non-hydrogen) atoms. The van der Waals surface area contributed by atoms with Gasteiger partial charge in [0.1, 0.15) is 5.58 Å². The van der Waals surface area contributed by atoms with Crippen molar-refractivity contribution in [3.8, 4) is 10.4 Å². The molecule has 3 heterocycles. The number of fused-ring (bicyclic) bond motifs is 2. The summed E-state index contributed by atoms with van der Waals surface area (Å²) in [5.41, 5.74) is 5.55. The molecule has 5 nitrogen and oxygen atoms in total. The van der Waals surface area contributed by atoms with E-state index in [1.54, 1.807) is 12.3 Å². The third-order valence-corrected chi connectivity index (χ3v) is 8.95. The lowest BCUT2D eigenvalue weighted by atomic mass is 9.77. The van der Waals surface area contributed by atoms with Gasteiger partial charge < -0.3 is 4.42 Å². The zero-order valence-electron chi connectivity index (χ0n) is 21.0. The molecule has 2 aromatic heterocycles. The summed E-state index contributed by atoms with van der Waals surface area (Å²) in [5, 5.41) is 8.94. The molecule has 5 aromatic rings. The van der Waals surface area contributed by atoms with Crippen molar-refractivity contribution in [2.75, 3.05) is 5.01 Å². The zero-order chi connectivity index (χ0) is 26.3. The Morgan fingerprint density at radius 1 is 1.00 bits per heavy atom. The molecular weight excluding hydrogens is 570 g/mol. The molecule has 2 aliphatic rings. The molecule has 7 rings (SSSR count). The van der Waals surface area contributed by atoms with Crippen molar-refractivity contribution in [1.29, 1.82) is 0 Å². The van der Waals surface area contributed by atoms with Crippen LogP contribution in [0.1, 0.15) is 36.4 Å². The third kappa shape index (κ3) is 4.56. The predicted octanol–water partition coefficient (Wildman–Crippen LogP) is 8.48. The minimum Gasteiger partial charge on any atom is -0.422 e. The second-order valence-corrected chi connectivity index (χ2v) is 11.8. The molecule has 0 saturated heterocycles. The van der Waals surface area contributed by atoms with Crippen molar-refractivity contribution in [3.63, 3.8) is 0 Å². The topological polar surface area (TPSA) is 58.7 Å². The van der Waals surface area contributed by atoms with Gasteiger partial charge in [0, 0.05) is 22.0 Å². The Morgan fingerprint density at radius 2 is 1.79 bits per heavy atom. The zero-order valence-corrected chi connectivity index (χ0v) is 23.4. The Kier molecular flexibility index (Phi) is 6.25. The molecule has 0 spiro atoms. The van der Waals surface area contributed by atoms with E-state index in [0.717, 1.165) is 44.8 Å². The molecule has 0 N–H and O–H groups in total. The van der Waals surface area contributed by atoms with Crippen LogP contribution in [-0.4, -0.2) is 10.7 Å². The molecule has 0 amide bonds. The van der Waals surface area contributed by atoms with Gasteiger partial charge in [0.25, 0.3) is 0 Å². The first-order valence-corrected chi connectivity index (χ1v) is 14.6. The van der Waals surface area contributed by atoms with E-state index in [9.17, 15) is 4.79 Å². The van der Waals surface area contributed by atoms with Crippen LogP contribution >= 0.6 is 27.3 Å². The van der Waals surface area contributed by atoms with Crippen LogP contribution in [0.4, 0.5) is 5.13 Å². The maximum Gasteiger partial charge on any atom is 0.345 e. The second-order valence-electron chi connectivity index (χ2n) is 9.90. The van der Waals surface area contributed by atoms with Crippen molar-refractivity contribution in [3.05, 3.63) is 123 Å². The van der Waals surface area contributed by atoms with Gasteiger partial charge in [0.15, 0.2) is 0 Å². The maximum atomic E-state index is 12.9. The van der Waals surface area contributed by atoms with Crippen molar-refractivity contribution in [1.82, 2.24) is 4.98 Å².